The Morgan fingerprint density at radius 2 is 1.71 bits per heavy atom. The molecule has 128 valence electrons. The van der Waals surface area contributed by atoms with Crippen molar-refractivity contribution in [2.75, 3.05) is 24.3 Å². The molecule has 1 N–H and O–H groups in total. The lowest BCUT2D eigenvalue weighted by molar-refractivity contribution is -0.113. The number of anilines is 1. The van der Waals surface area contributed by atoms with E-state index < -0.39 is 0 Å². The molecule has 0 saturated heterocycles. The molecule has 2 aromatic carbocycles. The smallest absolute Gasteiger partial charge is 0.234 e. The summed E-state index contributed by atoms with van der Waals surface area (Å²) in [5.41, 5.74) is 0.684. The van der Waals surface area contributed by atoms with Crippen molar-refractivity contribution in [2.45, 2.75) is 18.7 Å². The minimum absolute atomic E-state index is 0.0819. The lowest BCUT2D eigenvalue weighted by Gasteiger charge is -2.13. The van der Waals surface area contributed by atoms with Crippen LogP contribution in [-0.2, 0) is 4.79 Å². The highest BCUT2D eigenvalue weighted by Crippen LogP contribution is 2.30. The maximum Gasteiger partial charge on any atom is 0.234 e. The van der Waals surface area contributed by atoms with Crippen molar-refractivity contribution >= 4 is 35.0 Å². The SMILES string of the molecule is CCOc1ccc(NC(=O)CSc2ccc(Cl)cc2)cc1OCC. The minimum atomic E-state index is -0.0819. The number of benzene rings is 2. The summed E-state index contributed by atoms with van der Waals surface area (Å²) >= 11 is 7.30. The van der Waals surface area contributed by atoms with Crippen molar-refractivity contribution in [2.24, 2.45) is 0 Å². The van der Waals surface area contributed by atoms with E-state index in [1.54, 1.807) is 18.2 Å². The first-order valence-electron chi connectivity index (χ1n) is 7.70. The van der Waals surface area contributed by atoms with Crippen LogP contribution in [0.1, 0.15) is 13.8 Å². The van der Waals surface area contributed by atoms with Crippen LogP contribution in [0, 0.1) is 0 Å². The molecule has 0 bridgehead atoms. The van der Waals surface area contributed by atoms with Gasteiger partial charge in [-0.2, -0.15) is 0 Å². The first-order chi connectivity index (χ1) is 11.6. The molecule has 2 aromatic rings. The van der Waals surface area contributed by atoms with Crippen molar-refractivity contribution in [3.63, 3.8) is 0 Å². The number of hydrogen-bond donors (Lipinski definition) is 1. The van der Waals surface area contributed by atoms with Gasteiger partial charge in [0.1, 0.15) is 0 Å². The number of carbonyl (C=O) groups excluding carboxylic acids is 1. The monoisotopic (exact) mass is 365 g/mol. The third-order valence-corrected chi connectivity index (χ3v) is 4.27. The molecule has 0 aliphatic rings. The normalized spacial score (nSPS) is 10.3. The average Bonchev–Trinajstić information content (AvgIpc) is 2.57. The Morgan fingerprint density at radius 1 is 1.04 bits per heavy atom. The van der Waals surface area contributed by atoms with E-state index in [0.717, 1.165) is 4.90 Å². The van der Waals surface area contributed by atoms with Gasteiger partial charge in [0.05, 0.1) is 19.0 Å². The van der Waals surface area contributed by atoms with Crippen LogP contribution in [0.2, 0.25) is 5.02 Å². The molecule has 4 nitrogen and oxygen atoms in total. The number of hydrogen-bond acceptors (Lipinski definition) is 4. The molecule has 0 unspecified atom stereocenters. The van der Waals surface area contributed by atoms with Crippen molar-refractivity contribution in [1.29, 1.82) is 0 Å². The first-order valence-corrected chi connectivity index (χ1v) is 9.06. The average molecular weight is 366 g/mol. The lowest BCUT2D eigenvalue weighted by Crippen LogP contribution is -2.14. The number of carbonyl (C=O) groups is 1. The Hall–Kier alpha value is -1.85. The summed E-state index contributed by atoms with van der Waals surface area (Å²) < 4.78 is 11.1. The Morgan fingerprint density at radius 3 is 2.38 bits per heavy atom. The second-order valence-corrected chi connectivity index (χ2v) is 6.30. The Balaban J connectivity index is 1.95. The van der Waals surface area contributed by atoms with E-state index in [4.69, 9.17) is 21.1 Å². The van der Waals surface area contributed by atoms with Gasteiger partial charge in [0, 0.05) is 21.7 Å². The molecule has 24 heavy (non-hydrogen) atoms. The van der Waals surface area contributed by atoms with Gasteiger partial charge in [0.15, 0.2) is 11.5 Å². The molecule has 0 heterocycles. The Labute approximate surface area is 151 Å². The zero-order valence-electron chi connectivity index (χ0n) is 13.7. The maximum atomic E-state index is 12.1. The number of thioether (sulfide) groups is 1. The van der Waals surface area contributed by atoms with Crippen molar-refractivity contribution < 1.29 is 14.3 Å². The third kappa shape index (κ3) is 5.65. The summed E-state index contributed by atoms with van der Waals surface area (Å²) in [7, 11) is 0. The van der Waals surface area contributed by atoms with Gasteiger partial charge in [-0.1, -0.05) is 11.6 Å². The fourth-order valence-corrected chi connectivity index (χ4v) is 2.83. The van der Waals surface area contributed by atoms with Gasteiger partial charge in [-0.3, -0.25) is 4.79 Å². The fraction of sp³-hybridized carbons (Fsp3) is 0.278. The highest BCUT2D eigenvalue weighted by molar-refractivity contribution is 8.00. The van der Waals surface area contributed by atoms with Gasteiger partial charge in [0.25, 0.3) is 0 Å². The topological polar surface area (TPSA) is 47.6 Å². The number of rotatable bonds is 8. The number of nitrogens with one attached hydrogen (secondary N) is 1. The Kier molecular flexibility index (Phi) is 7.28. The summed E-state index contributed by atoms with van der Waals surface area (Å²) in [6, 6.07) is 12.8. The van der Waals surface area contributed by atoms with Gasteiger partial charge in [-0.15, -0.1) is 11.8 Å². The molecule has 1 amide bonds. The van der Waals surface area contributed by atoms with Crippen LogP contribution in [-0.4, -0.2) is 24.9 Å². The summed E-state index contributed by atoms with van der Waals surface area (Å²) in [6.45, 7) is 4.91. The molecule has 6 heteroatoms. The van der Waals surface area contributed by atoms with Crippen LogP contribution in [0.15, 0.2) is 47.4 Å². The van der Waals surface area contributed by atoms with Crippen molar-refractivity contribution in [3.8, 4) is 11.5 Å². The van der Waals surface area contributed by atoms with Gasteiger partial charge in [0.2, 0.25) is 5.91 Å². The molecule has 0 aliphatic heterocycles. The van der Waals surface area contributed by atoms with E-state index in [0.29, 0.717) is 41.2 Å². The maximum absolute atomic E-state index is 12.1. The highest BCUT2D eigenvalue weighted by atomic mass is 35.5. The van der Waals surface area contributed by atoms with Crippen LogP contribution >= 0.6 is 23.4 Å². The van der Waals surface area contributed by atoms with E-state index in [1.807, 2.05) is 38.1 Å². The standard InChI is InChI=1S/C18H20ClNO3S/c1-3-22-16-10-7-14(11-17(16)23-4-2)20-18(21)12-24-15-8-5-13(19)6-9-15/h5-11H,3-4,12H2,1-2H3,(H,20,21). The van der Waals surface area contributed by atoms with Crippen LogP contribution in [0.4, 0.5) is 5.69 Å². The Bertz CT molecular complexity index is 676. The van der Waals surface area contributed by atoms with Crippen molar-refractivity contribution in [3.05, 3.63) is 47.5 Å². The highest BCUT2D eigenvalue weighted by Gasteiger charge is 2.09. The van der Waals surface area contributed by atoms with Crippen LogP contribution in [0.3, 0.4) is 0 Å². The summed E-state index contributed by atoms with van der Waals surface area (Å²) in [5, 5.41) is 3.55. The van der Waals surface area contributed by atoms with E-state index >= 15 is 0 Å². The number of ether oxygens (including phenoxy) is 2. The molecule has 0 fully saturated rings. The molecule has 0 spiro atoms. The molecular formula is C18H20ClNO3S. The number of halogens is 1. The fourth-order valence-electron chi connectivity index (χ4n) is 2.01. The van der Waals surface area contributed by atoms with Crippen molar-refractivity contribution in [1.82, 2.24) is 0 Å². The molecular weight excluding hydrogens is 346 g/mol. The van der Waals surface area contributed by atoms with Gasteiger partial charge in [-0.25, -0.2) is 0 Å². The first kappa shape index (κ1) is 18.5. The van der Waals surface area contributed by atoms with E-state index in [-0.39, 0.29) is 5.91 Å². The number of amides is 1. The predicted molar refractivity (Wildman–Crippen MR) is 99.6 cm³/mol. The van der Waals surface area contributed by atoms with E-state index in [1.165, 1.54) is 11.8 Å². The van der Waals surface area contributed by atoms with Crippen LogP contribution < -0.4 is 14.8 Å². The molecule has 0 aliphatic carbocycles. The second kappa shape index (κ2) is 9.45. The molecule has 0 saturated carbocycles. The molecule has 0 atom stereocenters. The third-order valence-electron chi connectivity index (χ3n) is 3.01. The lowest BCUT2D eigenvalue weighted by atomic mass is 10.2. The van der Waals surface area contributed by atoms with Gasteiger partial charge >= 0.3 is 0 Å². The zero-order valence-corrected chi connectivity index (χ0v) is 15.2. The van der Waals surface area contributed by atoms with E-state index in [9.17, 15) is 4.79 Å². The quantitative estimate of drug-likeness (QED) is 0.678. The van der Waals surface area contributed by atoms with Crippen LogP contribution in [0.25, 0.3) is 0 Å². The summed E-state index contributed by atoms with van der Waals surface area (Å²) in [6.07, 6.45) is 0. The zero-order chi connectivity index (χ0) is 17.4. The largest absolute Gasteiger partial charge is 0.490 e. The summed E-state index contributed by atoms with van der Waals surface area (Å²) in [5.74, 6) is 1.54. The van der Waals surface area contributed by atoms with Crippen LogP contribution in [0.5, 0.6) is 11.5 Å². The van der Waals surface area contributed by atoms with Gasteiger partial charge < -0.3 is 14.8 Å². The molecule has 0 aromatic heterocycles. The predicted octanol–water partition coefficient (Wildman–Crippen LogP) is 4.87. The van der Waals surface area contributed by atoms with E-state index in [2.05, 4.69) is 5.32 Å². The minimum Gasteiger partial charge on any atom is -0.490 e. The second-order valence-electron chi connectivity index (χ2n) is 4.82. The molecule has 2 rings (SSSR count). The molecule has 0 radical (unpaired) electrons. The summed E-state index contributed by atoms with van der Waals surface area (Å²) in [4.78, 5) is 13.1. The van der Waals surface area contributed by atoms with Gasteiger partial charge in [-0.05, 0) is 50.2 Å².